The van der Waals surface area contributed by atoms with Gasteiger partial charge in [0.2, 0.25) is 0 Å². The quantitative estimate of drug-likeness (QED) is 0.344. The highest BCUT2D eigenvalue weighted by Gasteiger charge is 2.72. The molecule has 37 heavy (non-hydrogen) atoms. The number of aliphatic hydroxyl groups is 1. The number of esters is 1. The summed E-state index contributed by atoms with van der Waals surface area (Å²) < 4.78 is 29.8. The Bertz CT molecular complexity index is 1070. The molecular formula is C29H38O8. The number of methoxy groups -OCH3 is 1. The minimum Gasteiger partial charge on any atom is -0.458 e. The lowest BCUT2D eigenvalue weighted by atomic mass is 9.47. The standard InChI is InChI=1S/C29H38O8/c1-17-13-14-29-24(36-26(32)37-29)23-20(34-16-33-5)11-12-21(35-25(31)18-9-7-6-8-10-18)28(23,4)15-19(30)22(17)27(29,2)3/h6-10,13,19-24,30H,11-12,14-16H2,1-5H3/t19-,20+,21+,22-,23+,24+,28-,29-/m1/s1. The van der Waals surface area contributed by atoms with E-state index in [9.17, 15) is 14.7 Å². The van der Waals surface area contributed by atoms with Gasteiger partial charge in [0, 0.05) is 36.2 Å². The molecule has 4 aliphatic rings. The zero-order valence-corrected chi connectivity index (χ0v) is 22.3. The fraction of sp³-hybridized carbons (Fsp3) is 0.655. The number of benzene rings is 1. The molecule has 8 heteroatoms. The number of carbonyl (C=O) groups excluding carboxylic acids is 2. The molecule has 8 nitrogen and oxygen atoms in total. The second-order valence-electron chi connectivity index (χ2n) is 11.9. The van der Waals surface area contributed by atoms with Crippen molar-refractivity contribution in [3.05, 3.63) is 47.5 Å². The fourth-order valence-corrected chi connectivity index (χ4v) is 7.92. The van der Waals surface area contributed by atoms with Gasteiger partial charge in [-0.1, -0.05) is 50.6 Å². The van der Waals surface area contributed by atoms with Gasteiger partial charge in [-0.15, -0.1) is 0 Å². The molecule has 3 aliphatic carbocycles. The van der Waals surface area contributed by atoms with Crippen molar-refractivity contribution in [2.45, 2.75) is 83.4 Å². The van der Waals surface area contributed by atoms with Gasteiger partial charge >= 0.3 is 12.1 Å². The minimum absolute atomic E-state index is 0.0772. The van der Waals surface area contributed by atoms with Gasteiger partial charge in [-0.25, -0.2) is 9.59 Å². The predicted molar refractivity (Wildman–Crippen MR) is 134 cm³/mol. The van der Waals surface area contributed by atoms with Gasteiger partial charge in [0.1, 0.15) is 12.9 Å². The number of hydrogen-bond acceptors (Lipinski definition) is 8. The summed E-state index contributed by atoms with van der Waals surface area (Å²) in [7, 11) is 1.57. The summed E-state index contributed by atoms with van der Waals surface area (Å²) in [6, 6.07) is 8.90. The van der Waals surface area contributed by atoms with E-state index in [1.54, 1.807) is 31.4 Å². The van der Waals surface area contributed by atoms with Crippen LogP contribution < -0.4 is 0 Å². The Morgan fingerprint density at radius 1 is 1.16 bits per heavy atom. The summed E-state index contributed by atoms with van der Waals surface area (Å²) in [5.74, 6) is -1.08. The highest BCUT2D eigenvalue weighted by molar-refractivity contribution is 5.89. The zero-order valence-electron chi connectivity index (χ0n) is 22.3. The van der Waals surface area contributed by atoms with Crippen molar-refractivity contribution in [2.24, 2.45) is 22.7 Å². The van der Waals surface area contributed by atoms with Gasteiger partial charge < -0.3 is 28.8 Å². The van der Waals surface area contributed by atoms with E-state index >= 15 is 0 Å². The molecule has 0 radical (unpaired) electrons. The van der Waals surface area contributed by atoms with E-state index in [1.165, 1.54) is 0 Å². The van der Waals surface area contributed by atoms with Crippen LogP contribution >= 0.6 is 0 Å². The molecule has 2 saturated carbocycles. The molecular weight excluding hydrogens is 476 g/mol. The third kappa shape index (κ3) is 3.99. The topological polar surface area (TPSA) is 101 Å². The number of aliphatic hydroxyl groups excluding tert-OH is 1. The Kier molecular flexibility index (Phi) is 6.66. The Labute approximate surface area is 218 Å². The number of hydrogen-bond donors (Lipinski definition) is 1. The molecule has 1 spiro atoms. The third-order valence-electron chi connectivity index (χ3n) is 9.66. The van der Waals surface area contributed by atoms with Crippen molar-refractivity contribution >= 4 is 12.1 Å². The van der Waals surface area contributed by atoms with Gasteiger partial charge in [-0.2, -0.15) is 0 Å². The summed E-state index contributed by atoms with van der Waals surface area (Å²) >= 11 is 0. The maximum Gasteiger partial charge on any atom is 0.509 e. The van der Waals surface area contributed by atoms with Gasteiger partial charge in [0.15, 0.2) is 11.7 Å². The number of carbonyl (C=O) groups is 2. The Balaban J connectivity index is 1.62. The van der Waals surface area contributed by atoms with Crippen molar-refractivity contribution < 1.29 is 38.4 Å². The van der Waals surface area contributed by atoms with Crippen molar-refractivity contribution in [3.8, 4) is 0 Å². The second-order valence-corrected chi connectivity index (χ2v) is 11.9. The van der Waals surface area contributed by atoms with Gasteiger partial charge in [0.05, 0.1) is 17.8 Å². The summed E-state index contributed by atoms with van der Waals surface area (Å²) in [6.45, 7) is 8.23. The summed E-state index contributed by atoms with van der Waals surface area (Å²) in [5, 5.41) is 11.8. The molecule has 1 N–H and O–H groups in total. The molecule has 1 aromatic carbocycles. The van der Waals surface area contributed by atoms with E-state index in [4.69, 9.17) is 23.7 Å². The average molecular weight is 515 g/mol. The molecule has 0 unspecified atom stereocenters. The molecule has 0 amide bonds. The van der Waals surface area contributed by atoms with Crippen LogP contribution in [0.25, 0.3) is 0 Å². The molecule has 2 bridgehead atoms. The molecule has 1 heterocycles. The van der Waals surface area contributed by atoms with Crippen molar-refractivity contribution in [1.29, 1.82) is 0 Å². The Morgan fingerprint density at radius 2 is 1.89 bits per heavy atom. The highest BCUT2D eigenvalue weighted by atomic mass is 16.8. The van der Waals surface area contributed by atoms with E-state index in [0.717, 1.165) is 5.57 Å². The van der Waals surface area contributed by atoms with Crippen LogP contribution in [0.5, 0.6) is 0 Å². The summed E-state index contributed by atoms with van der Waals surface area (Å²) in [5.41, 5.74) is -0.843. The van der Waals surface area contributed by atoms with Crippen molar-refractivity contribution in [3.63, 3.8) is 0 Å². The maximum absolute atomic E-state index is 13.2. The van der Waals surface area contributed by atoms with E-state index < -0.39 is 52.8 Å². The van der Waals surface area contributed by atoms with Crippen LogP contribution in [0.1, 0.15) is 63.7 Å². The molecule has 1 aliphatic heterocycles. The molecule has 5 rings (SSSR count). The van der Waals surface area contributed by atoms with Gasteiger partial charge in [0.25, 0.3) is 0 Å². The van der Waals surface area contributed by atoms with Crippen molar-refractivity contribution in [2.75, 3.05) is 13.9 Å². The first-order valence-electron chi connectivity index (χ1n) is 13.2. The lowest BCUT2D eigenvalue weighted by Crippen LogP contribution is -2.69. The van der Waals surface area contributed by atoms with Crippen LogP contribution in [0, 0.1) is 22.7 Å². The fourth-order valence-electron chi connectivity index (χ4n) is 7.92. The van der Waals surface area contributed by atoms with Crippen LogP contribution in [-0.4, -0.2) is 61.2 Å². The van der Waals surface area contributed by atoms with Crippen LogP contribution in [-0.2, 0) is 23.7 Å². The molecule has 0 aromatic heterocycles. The maximum atomic E-state index is 13.2. The Morgan fingerprint density at radius 3 is 2.59 bits per heavy atom. The van der Waals surface area contributed by atoms with E-state index in [-0.39, 0.29) is 18.8 Å². The number of fused-ring (bicyclic) bond motifs is 3. The van der Waals surface area contributed by atoms with E-state index in [1.807, 2.05) is 19.9 Å². The van der Waals surface area contributed by atoms with E-state index in [2.05, 4.69) is 19.9 Å². The Hall–Kier alpha value is -2.42. The monoisotopic (exact) mass is 514 g/mol. The lowest BCUT2D eigenvalue weighted by Gasteiger charge is -2.61. The first-order chi connectivity index (χ1) is 17.5. The smallest absolute Gasteiger partial charge is 0.458 e. The zero-order chi connectivity index (χ0) is 26.6. The molecule has 1 aromatic rings. The van der Waals surface area contributed by atoms with Crippen molar-refractivity contribution in [1.82, 2.24) is 0 Å². The normalized spacial score (nSPS) is 40.2. The highest BCUT2D eigenvalue weighted by Crippen LogP contribution is 2.64. The predicted octanol–water partition coefficient (Wildman–Crippen LogP) is 4.65. The molecule has 1 saturated heterocycles. The van der Waals surface area contributed by atoms with E-state index in [0.29, 0.717) is 31.2 Å². The SMILES string of the molecule is COCO[C@H]1CC[C@H](OC(=O)c2ccccc2)[C@@]2(C)C[C@@H](O)[C@H]3C(C)=CC[C@]4(OC(=O)O[C@H]4[C@H]12)C3(C)C. The van der Waals surface area contributed by atoms with Gasteiger partial charge in [-0.3, -0.25) is 0 Å². The number of ether oxygens (including phenoxy) is 5. The average Bonchev–Trinajstić information content (AvgIpc) is 3.18. The van der Waals surface area contributed by atoms with Crippen LogP contribution in [0.4, 0.5) is 4.79 Å². The first-order valence-corrected chi connectivity index (χ1v) is 13.2. The second kappa shape index (κ2) is 9.40. The van der Waals surface area contributed by atoms with Crippen LogP contribution in [0.2, 0.25) is 0 Å². The number of rotatable bonds is 5. The third-order valence-corrected chi connectivity index (χ3v) is 9.66. The molecule has 3 fully saturated rings. The summed E-state index contributed by atoms with van der Waals surface area (Å²) in [6.07, 6.45) is 1.03. The lowest BCUT2D eigenvalue weighted by molar-refractivity contribution is -0.235. The summed E-state index contributed by atoms with van der Waals surface area (Å²) in [4.78, 5) is 26.0. The first kappa shape index (κ1) is 26.2. The molecule has 8 atom stereocenters. The molecule has 202 valence electrons. The van der Waals surface area contributed by atoms with Gasteiger partial charge in [-0.05, 0) is 38.3 Å². The largest absolute Gasteiger partial charge is 0.509 e. The minimum atomic E-state index is -0.998. The van der Waals surface area contributed by atoms with Crippen LogP contribution in [0.15, 0.2) is 42.0 Å². The van der Waals surface area contributed by atoms with Crippen LogP contribution in [0.3, 0.4) is 0 Å².